The molecule has 0 N–H and O–H groups in total. The molecule has 0 saturated heterocycles. The van der Waals surface area contributed by atoms with E-state index in [1.807, 2.05) is 38.3 Å². The van der Waals surface area contributed by atoms with Gasteiger partial charge in [-0.3, -0.25) is 4.99 Å². The highest BCUT2D eigenvalue weighted by atomic mass is 14.7. The van der Waals surface area contributed by atoms with Gasteiger partial charge in [0.2, 0.25) is 0 Å². The summed E-state index contributed by atoms with van der Waals surface area (Å²) in [5, 5.41) is 0. The first-order valence-corrected chi connectivity index (χ1v) is 3.65. The van der Waals surface area contributed by atoms with Crippen molar-refractivity contribution in [2.45, 2.75) is 27.2 Å². The topological polar surface area (TPSA) is 12.4 Å². The third kappa shape index (κ3) is 4.07. The van der Waals surface area contributed by atoms with Gasteiger partial charge in [0.25, 0.3) is 0 Å². The lowest BCUT2D eigenvalue weighted by atomic mass is 10.3. The average molecular weight is 137 g/mol. The normalized spacial score (nSPS) is 13.7. The molecule has 0 heterocycles. The second kappa shape index (κ2) is 6.27. The molecule has 0 radical (unpaired) electrons. The van der Waals surface area contributed by atoms with E-state index < -0.39 is 0 Å². The quantitative estimate of drug-likeness (QED) is 0.530. The molecule has 0 saturated carbocycles. The lowest BCUT2D eigenvalue weighted by Gasteiger charge is -1.90. The fourth-order valence-electron chi connectivity index (χ4n) is 0.615. The molecule has 0 unspecified atom stereocenters. The number of aliphatic imine (C=N–C) groups is 1. The van der Waals surface area contributed by atoms with E-state index in [1.165, 1.54) is 0 Å². The van der Waals surface area contributed by atoms with Crippen LogP contribution in [0, 0.1) is 0 Å². The standard InChI is InChI=1S/C9H15N/c1-4-7-9(6-3)10-8-5-2/h4-5,7-8H,6H2,1-3H3/b7-4-,8-5-,10-9-. The molecule has 56 valence electrons. The summed E-state index contributed by atoms with van der Waals surface area (Å²) in [5.74, 6) is 0. The van der Waals surface area contributed by atoms with Gasteiger partial charge in [-0.1, -0.05) is 19.1 Å². The predicted molar refractivity (Wildman–Crippen MR) is 47.4 cm³/mol. The summed E-state index contributed by atoms with van der Waals surface area (Å²) in [6, 6.07) is 0. The first-order valence-electron chi connectivity index (χ1n) is 3.65. The third-order valence-electron chi connectivity index (χ3n) is 1.11. The third-order valence-corrected chi connectivity index (χ3v) is 1.11. The lowest BCUT2D eigenvalue weighted by Crippen LogP contribution is -1.87. The van der Waals surface area contributed by atoms with Crippen molar-refractivity contribution >= 4 is 5.71 Å². The molecule has 0 aromatic rings. The van der Waals surface area contributed by atoms with Crippen molar-refractivity contribution in [1.82, 2.24) is 0 Å². The molecule has 1 heteroatoms. The molecule has 0 rings (SSSR count). The summed E-state index contributed by atoms with van der Waals surface area (Å²) >= 11 is 0. The molecule has 0 fully saturated rings. The molecular formula is C9H15N. The molecule has 0 aromatic heterocycles. The van der Waals surface area contributed by atoms with Crippen LogP contribution in [0.2, 0.25) is 0 Å². The first kappa shape index (κ1) is 9.15. The molecule has 0 aliphatic carbocycles. The van der Waals surface area contributed by atoms with Gasteiger partial charge in [-0.15, -0.1) is 0 Å². The van der Waals surface area contributed by atoms with Crippen molar-refractivity contribution in [3.63, 3.8) is 0 Å². The lowest BCUT2D eigenvalue weighted by molar-refractivity contribution is 1.27. The summed E-state index contributed by atoms with van der Waals surface area (Å²) in [6.07, 6.45) is 8.78. The molecule has 0 aliphatic heterocycles. The maximum absolute atomic E-state index is 4.20. The van der Waals surface area contributed by atoms with Gasteiger partial charge in [0.15, 0.2) is 0 Å². The zero-order valence-corrected chi connectivity index (χ0v) is 6.96. The van der Waals surface area contributed by atoms with Gasteiger partial charge in [0, 0.05) is 11.9 Å². The van der Waals surface area contributed by atoms with Crippen molar-refractivity contribution in [2.24, 2.45) is 4.99 Å². The summed E-state index contributed by atoms with van der Waals surface area (Å²) in [5.41, 5.74) is 1.13. The Bertz CT molecular complexity index is 152. The Morgan fingerprint density at radius 3 is 2.40 bits per heavy atom. The van der Waals surface area contributed by atoms with Crippen molar-refractivity contribution < 1.29 is 0 Å². The SMILES string of the molecule is C\C=C/N=C(\C=C/C)CC. The number of nitrogens with zero attached hydrogens (tertiary/aromatic N) is 1. The minimum absolute atomic E-state index is 0.995. The molecule has 0 aromatic carbocycles. The van der Waals surface area contributed by atoms with E-state index in [-0.39, 0.29) is 0 Å². The van der Waals surface area contributed by atoms with Gasteiger partial charge in [0.1, 0.15) is 0 Å². The molecule has 10 heavy (non-hydrogen) atoms. The summed E-state index contributed by atoms with van der Waals surface area (Å²) in [7, 11) is 0. The van der Waals surface area contributed by atoms with Gasteiger partial charge in [-0.05, 0) is 26.3 Å². The van der Waals surface area contributed by atoms with Crippen LogP contribution in [0.5, 0.6) is 0 Å². The number of rotatable bonds is 3. The second-order valence-corrected chi connectivity index (χ2v) is 1.96. The predicted octanol–water partition coefficient (Wildman–Crippen LogP) is 2.95. The van der Waals surface area contributed by atoms with E-state index in [2.05, 4.69) is 11.9 Å². The van der Waals surface area contributed by atoms with E-state index in [4.69, 9.17) is 0 Å². The molecule has 0 spiro atoms. The monoisotopic (exact) mass is 137 g/mol. The average Bonchev–Trinajstić information content (AvgIpc) is 1.98. The van der Waals surface area contributed by atoms with Crippen LogP contribution in [0.3, 0.4) is 0 Å². The molecule has 0 amide bonds. The maximum atomic E-state index is 4.20. The maximum Gasteiger partial charge on any atom is 0.0397 e. The van der Waals surface area contributed by atoms with Gasteiger partial charge >= 0.3 is 0 Å². The van der Waals surface area contributed by atoms with Gasteiger partial charge in [-0.25, -0.2) is 0 Å². The van der Waals surface area contributed by atoms with Crippen LogP contribution >= 0.6 is 0 Å². The summed E-state index contributed by atoms with van der Waals surface area (Å²) in [6.45, 7) is 6.07. The van der Waals surface area contributed by atoms with Gasteiger partial charge in [0.05, 0.1) is 0 Å². The van der Waals surface area contributed by atoms with E-state index >= 15 is 0 Å². The molecular weight excluding hydrogens is 122 g/mol. The smallest absolute Gasteiger partial charge is 0.0397 e. The van der Waals surface area contributed by atoms with Crippen molar-refractivity contribution in [3.8, 4) is 0 Å². The molecule has 0 bridgehead atoms. The molecule has 1 nitrogen and oxygen atoms in total. The van der Waals surface area contributed by atoms with Crippen LogP contribution in [-0.2, 0) is 0 Å². The highest BCUT2D eigenvalue weighted by Gasteiger charge is 1.83. The number of hydrogen-bond donors (Lipinski definition) is 0. The summed E-state index contributed by atoms with van der Waals surface area (Å²) in [4.78, 5) is 4.20. The second-order valence-electron chi connectivity index (χ2n) is 1.96. The highest BCUT2D eigenvalue weighted by molar-refractivity contribution is 5.94. The van der Waals surface area contributed by atoms with Gasteiger partial charge < -0.3 is 0 Å². The van der Waals surface area contributed by atoms with Crippen LogP contribution < -0.4 is 0 Å². The minimum atomic E-state index is 0.995. The van der Waals surface area contributed by atoms with Crippen LogP contribution in [0.4, 0.5) is 0 Å². The van der Waals surface area contributed by atoms with Crippen LogP contribution in [0.1, 0.15) is 27.2 Å². The van der Waals surface area contributed by atoms with E-state index in [9.17, 15) is 0 Å². The Morgan fingerprint density at radius 1 is 1.30 bits per heavy atom. The molecule has 0 atom stereocenters. The van der Waals surface area contributed by atoms with E-state index in [0.29, 0.717) is 0 Å². The summed E-state index contributed by atoms with van der Waals surface area (Å²) < 4.78 is 0. The van der Waals surface area contributed by atoms with E-state index in [1.54, 1.807) is 0 Å². The minimum Gasteiger partial charge on any atom is -0.262 e. The first-order chi connectivity index (χ1) is 4.85. The van der Waals surface area contributed by atoms with E-state index in [0.717, 1.165) is 12.1 Å². The number of hydrogen-bond acceptors (Lipinski definition) is 1. The Kier molecular flexibility index (Phi) is 5.74. The Hall–Kier alpha value is -0.850. The van der Waals surface area contributed by atoms with Crippen LogP contribution in [0.25, 0.3) is 0 Å². The highest BCUT2D eigenvalue weighted by Crippen LogP contribution is 1.89. The fraction of sp³-hybridized carbons (Fsp3) is 0.444. The molecule has 0 aliphatic rings. The zero-order chi connectivity index (χ0) is 7.82. The van der Waals surface area contributed by atoms with Crippen molar-refractivity contribution in [1.29, 1.82) is 0 Å². The van der Waals surface area contributed by atoms with Crippen LogP contribution in [0.15, 0.2) is 29.4 Å². The van der Waals surface area contributed by atoms with Crippen molar-refractivity contribution in [2.75, 3.05) is 0 Å². The Labute approximate surface area is 63.2 Å². The van der Waals surface area contributed by atoms with Gasteiger partial charge in [-0.2, -0.15) is 0 Å². The van der Waals surface area contributed by atoms with Crippen LogP contribution in [-0.4, -0.2) is 5.71 Å². The zero-order valence-electron chi connectivity index (χ0n) is 6.96. The fourth-order valence-corrected chi connectivity index (χ4v) is 0.615. The Balaban J connectivity index is 4.04. The largest absolute Gasteiger partial charge is 0.262 e. The van der Waals surface area contributed by atoms with Crippen molar-refractivity contribution in [3.05, 3.63) is 24.4 Å². The Morgan fingerprint density at radius 2 is 2.00 bits per heavy atom. The number of allylic oxidation sites excluding steroid dienone is 3.